The van der Waals surface area contributed by atoms with Crippen LogP contribution >= 0.6 is 0 Å². The number of nitrogens with two attached hydrogens (primary N) is 1. The fourth-order valence-electron chi connectivity index (χ4n) is 0.594. The number of carbonyl (C=O) groups excluding carboxylic acids is 2. The van der Waals surface area contributed by atoms with Crippen molar-refractivity contribution in [3.05, 3.63) is 12.7 Å². The Labute approximate surface area is 82.8 Å². The van der Waals surface area contributed by atoms with Crippen molar-refractivity contribution < 1.29 is 14.3 Å². The summed E-state index contributed by atoms with van der Waals surface area (Å²) in [5.41, 5.74) is 0. The predicted molar refractivity (Wildman–Crippen MR) is 50.1 cm³/mol. The summed E-state index contributed by atoms with van der Waals surface area (Å²) in [7, 11) is 4.77. The Morgan fingerprint density at radius 1 is 1.64 bits per heavy atom. The molecule has 1 radical (unpaired) electrons. The molecule has 0 aromatic heterocycles. The summed E-state index contributed by atoms with van der Waals surface area (Å²) in [6.45, 7) is 2.85. The summed E-state index contributed by atoms with van der Waals surface area (Å²) in [5, 5.41) is 0.696. The van der Waals surface area contributed by atoms with Gasteiger partial charge in [0, 0.05) is 0 Å². The summed E-state index contributed by atoms with van der Waals surface area (Å²) in [4.78, 5) is 25.0. The molecule has 0 saturated heterocycles. The second-order valence-electron chi connectivity index (χ2n) is 2.33. The molecule has 75 valence electrons. The van der Waals surface area contributed by atoms with Crippen LogP contribution in [0.3, 0.4) is 0 Å². The third kappa shape index (κ3) is 5.20. The van der Waals surface area contributed by atoms with Gasteiger partial charge in [-0.2, -0.15) is 0 Å². The van der Waals surface area contributed by atoms with Gasteiger partial charge in [0.05, 0.1) is 0 Å². The van der Waals surface area contributed by atoms with Gasteiger partial charge in [0.1, 0.15) is 0 Å². The van der Waals surface area contributed by atoms with Gasteiger partial charge in [0.25, 0.3) is 0 Å². The SMILES string of the molecule is [B]=NCC(=O)N(N)CC(=O)OCC=C. The molecule has 0 saturated carbocycles. The van der Waals surface area contributed by atoms with Crippen molar-refractivity contribution >= 4 is 19.5 Å². The van der Waals surface area contributed by atoms with E-state index < -0.39 is 11.9 Å². The number of nitrogens with zero attached hydrogens (tertiary/aromatic N) is 2. The van der Waals surface area contributed by atoms with Crippen molar-refractivity contribution in [2.75, 3.05) is 19.7 Å². The summed E-state index contributed by atoms with van der Waals surface area (Å²) < 4.78 is 4.60. The summed E-state index contributed by atoms with van der Waals surface area (Å²) in [6, 6.07) is 0. The first kappa shape index (κ1) is 12.5. The van der Waals surface area contributed by atoms with E-state index in [1.807, 2.05) is 0 Å². The van der Waals surface area contributed by atoms with Crippen molar-refractivity contribution in [2.24, 2.45) is 10.7 Å². The Kier molecular flexibility index (Phi) is 6.22. The van der Waals surface area contributed by atoms with E-state index in [2.05, 4.69) is 16.2 Å². The molecule has 0 atom stereocenters. The maximum atomic E-state index is 11.0. The first-order valence-electron chi connectivity index (χ1n) is 3.80. The Bertz CT molecular complexity index is 244. The second kappa shape index (κ2) is 6.96. The Hall–Kier alpha value is -1.50. The zero-order valence-electron chi connectivity index (χ0n) is 7.68. The van der Waals surface area contributed by atoms with E-state index >= 15 is 0 Å². The molecule has 0 aliphatic carbocycles. The van der Waals surface area contributed by atoms with Gasteiger partial charge in [0.15, 0.2) is 0 Å². The number of rotatable bonds is 6. The molecule has 0 aromatic rings. The van der Waals surface area contributed by atoms with Gasteiger partial charge in [-0.15, -0.1) is 0 Å². The van der Waals surface area contributed by atoms with E-state index in [1.54, 1.807) is 0 Å². The Morgan fingerprint density at radius 3 is 2.79 bits per heavy atom. The van der Waals surface area contributed by atoms with E-state index in [0.717, 1.165) is 0 Å². The molecule has 0 bridgehead atoms. The molecule has 7 heteroatoms. The molecule has 1 amide bonds. The first-order valence-corrected chi connectivity index (χ1v) is 3.80. The number of esters is 1. The van der Waals surface area contributed by atoms with E-state index in [4.69, 9.17) is 13.5 Å². The van der Waals surface area contributed by atoms with Crippen LogP contribution in [-0.2, 0) is 14.3 Å². The minimum absolute atomic E-state index is 0.0854. The zero-order chi connectivity index (χ0) is 11.0. The van der Waals surface area contributed by atoms with Gasteiger partial charge in [0.2, 0.25) is 0 Å². The van der Waals surface area contributed by atoms with Crippen LogP contribution in [0.25, 0.3) is 0 Å². The summed E-state index contributed by atoms with van der Waals surface area (Å²) >= 11 is 0. The average molecular weight is 196 g/mol. The molecular weight excluding hydrogens is 185 g/mol. The summed E-state index contributed by atoms with van der Waals surface area (Å²) in [5.74, 6) is 4.05. The van der Waals surface area contributed by atoms with Crippen molar-refractivity contribution in [1.29, 1.82) is 0 Å². The van der Waals surface area contributed by atoms with E-state index in [9.17, 15) is 9.59 Å². The molecule has 0 aromatic carbocycles. The van der Waals surface area contributed by atoms with Gasteiger partial charge >= 0.3 is 81.9 Å². The molecule has 2 N–H and O–H groups in total. The van der Waals surface area contributed by atoms with Crippen LogP contribution < -0.4 is 5.84 Å². The molecule has 0 rings (SSSR count). The Balaban J connectivity index is 3.85. The van der Waals surface area contributed by atoms with E-state index in [-0.39, 0.29) is 19.7 Å². The molecule has 0 fully saturated rings. The number of carbonyl (C=O) groups is 2. The van der Waals surface area contributed by atoms with Gasteiger partial charge in [-0.3, -0.25) is 0 Å². The quantitative estimate of drug-likeness (QED) is 0.144. The number of hydrogen-bond acceptors (Lipinski definition) is 5. The first-order chi connectivity index (χ1) is 6.61. The number of ether oxygens (including phenoxy) is 1. The van der Waals surface area contributed by atoms with Gasteiger partial charge in [-0.1, -0.05) is 0 Å². The molecular formula is C7H11BN3O3. The monoisotopic (exact) mass is 196 g/mol. The number of amides is 1. The maximum absolute atomic E-state index is 11.0. The van der Waals surface area contributed by atoms with Crippen molar-refractivity contribution in [3.63, 3.8) is 0 Å². The summed E-state index contributed by atoms with van der Waals surface area (Å²) in [6.07, 6.45) is 1.41. The number of hydrazine groups is 1. The second-order valence-corrected chi connectivity index (χ2v) is 2.33. The van der Waals surface area contributed by atoms with Crippen LogP contribution in [0, 0.1) is 0 Å². The molecule has 14 heavy (non-hydrogen) atoms. The average Bonchev–Trinajstić information content (AvgIpc) is 2.15. The van der Waals surface area contributed by atoms with Gasteiger partial charge in [-0.25, -0.2) is 0 Å². The topological polar surface area (TPSA) is 85.0 Å². The predicted octanol–water partition coefficient (Wildman–Crippen LogP) is -1.23. The van der Waals surface area contributed by atoms with Crippen LogP contribution in [0.15, 0.2) is 17.6 Å². The fourth-order valence-corrected chi connectivity index (χ4v) is 0.594. The molecule has 0 heterocycles. The van der Waals surface area contributed by atoms with Gasteiger partial charge in [-0.05, 0) is 0 Å². The molecule has 0 aliphatic rings. The number of hydrogen-bond donors (Lipinski definition) is 1. The molecule has 0 unspecified atom stereocenters. The molecule has 0 aliphatic heterocycles. The van der Waals surface area contributed by atoms with E-state index in [1.165, 1.54) is 6.08 Å². The van der Waals surface area contributed by atoms with Crippen molar-refractivity contribution in [1.82, 2.24) is 5.01 Å². The van der Waals surface area contributed by atoms with Crippen LogP contribution in [-0.4, -0.2) is 44.2 Å². The van der Waals surface area contributed by atoms with Crippen molar-refractivity contribution in [3.8, 4) is 0 Å². The standard InChI is InChI=1S/C7H11BN3O3/c1-2-3-14-7(13)5-11(9)6(12)4-10-8/h2H,1,3-5,9H2. The van der Waals surface area contributed by atoms with Crippen LogP contribution in [0.4, 0.5) is 0 Å². The fraction of sp³-hybridized carbons (Fsp3) is 0.429. The van der Waals surface area contributed by atoms with Crippen LogP contribution in [0.5, 0.6) is 0 Å². The van der Waals surface area contributed by atoms with Gasteiger partial charge < -0.3 is 0 Å². The minimum atomic E-state index is -0.613. The third-order valence-corrected chi connectivity index (χ3v) is 1.21. The molecule has 0 spiro atoms. The molecule has 6 nitrogen and oxygen atoms in total. The van der Waals surface area contributed by atoms with Crippen molar-refractivity contribution in [2.45, 2.75) is 0 Å². The van der Waals surface area contributed by atoms with Crippen LogP contribution in [0.1, 0.15) is 0 Å². The Morgan fingerprint density at radius 2 is 2.29 bits per heavy atom. The normalized spacial score (nSPS) is 8.86. The zero-order valence-corrected chi connectivity index (χ0v) is 7.68. The third-order valence-electron chi connectivity index (χ3n) is 1.21. The van der Waals surface area contributed by atoms with E-state index in [0.29, 0.717) is 5.01 Å². The van der Waals surface area contributed by atoms with Crippen LogP contribution in [0.2, 0.25) is 0 Å².